The Bertz CT molecular complexity index is 931. The third-order valence-corrected chi connectivity index (χ3v) is 5.34. The summed E-state index contributed by atoms with van der Waals surface area (Å²) in [5, 5.41) is 14.0. The summed E-state index contributed by atoms with van der Waals surface area (Å²) in [6, 6.07) is 12.3. The number of para-hydroxylation sites is 3. The Labute approximate surface area is 175 Å². The average molecular weight is 411 g/mol. The molecule has 0 saturated carbocycles. The second-order valence-electron chi connectivity index (χ2n) is 7.43. The molecule has 158 valence electrons. The molecule has 1 aliphatic heterocycles. The van der Waals surface area contributed by atoms with Crippen molar-refractivity contribution in [2.45, 2.75) is 26.7 Å². The summed E-state index contributed by atoms with van der Waals surface area (Å²) in [5.41, 5.74) is 3.23. The van der Waals surface area contributed by atoms with Crippen LogP contribution in [-0.2, 0) is 14.3 Å². The molecule has 1 amide bonds. The molecule has 8 heteroatoms. The number of benzene rings is 2. The quantitative estimate of drug-likeness (QED) is 0.443. The van der Waals surface area contributed by atoms with Crippen LogP contribution in [0, 0.1) is 29.9 Å². The highest BCUT2D eigenvalue weighted by molar-refractivity contribution is 5.94. The Hall–Kier alpha value is -3.42. The minimum absolute atomic E-state index is 0.0571. The highest BCUT2D eigenvalue weighted by atomic mass is 16.6. The second-order valence-corrected chi connectivity index (χ2v) is 7.43. The normalized spacial score (nSPS) is 14.3. The van der Waals surface area contributed by atoms with Gasteiger partial charge in [0.25, 0.3) is 11.6 Å². The molecule has 3 rings (SSSR count). The lowest BCUT2D eigenvalue weighted by molar-refractivity contribution is -0.384. The third-order valence-electron chi connectivity index (χ3n) is 5.34. The van der Waals surface area contributed by atoms with Gasteiger partial charge in [-0.2, -0.15) is 0 Å². The number of hydrogen-bond acceptors (Lipinski definition) is 6. The van der Waals surface area contributed by atoms with Gasteiger partial charge in [0, 0.05) is 24.8 Å². The van der Waals surface area contributed by atoms with Gasteiger partial charge in [0.05, 0.1) is 10.8 Å². The van der Waals surface area contributed by atoms with Crippen molar-refractivity contribution < 1.29 is 19.2 Å². The Kier molecular flexibility index (Phi) is 6.66. The number of hydrogen-bond donors (Lipinski definition) is 1. The number of carbonyl (C=O) groups excluding carboxylic acids is 2. The van der Waals surface area contributed by atoms with E-state index in [1.54, 1.807) is 18.2 Å². The van der Waals surface area contributed by atoms with E-state index in [0.717, 1.165) is 16.8 Å². The molecule has 0 unspecified atom stereocenters. The fourth-order valence-corrected chi connectivity index (χ4v) is 3.68. The maximum atomic E-state index is 12.4. The van der Waals surface area contributed by atoms with Crippen LogP contribution in [0.2, 0.25) is 0 Å². The minimum atomic E-state index is -0.408. The van der Waals surface area contributed by atoms with E-state index in [9.17, 15) is 19.7 Å². The zero-order chi connectivity index (χ0) is 21.7. The van der Waals surface area contributed by atoms with Gasteiger partial charge in [-0.1, -0.05) is 30.3 Å². The number of esters is 1. The van der Waals surface area contributed by atoms with Gasteiger partial charge in [-0.15, -0.1) is 0 Å². The number of carbonyl (C=O) groups is 2. The van der Waals surface area contributed by atoms with Crippen molar-refractivity contribution in [3.63, 3.8) is 0 Å². The highest BCUT2D eigenvalue weighted by Crippen LogP contribution is 2.31. The first-order valence-corrected chi connectivity index (χ1v) is 9.88. The molecule has 2 aromatic rings. The first-order valence-electron chi connectivity index (χ1n) is 9.88. The van der Waals surface area contributed by atoms with E-state index in [0.29, 0.717) is 31.6 Å². The molecule has 1 heterocycles. The molecule has 1 saturated heterocycles. The number of aryl methyl sites for hydroxylation is 2. The highest BCUT2D eigenvalue weighted by Gasteiger charge is 2.29. The lowest BCUT2D eigenvalue weighted by Gasteiger charge is -2.32. The second kappa shape index (κ2) is 9.39. The molecule has 1 N–H and O–H groups in total. The predicted octanol–water partition coefficient (Wildman–Crippen LogP) is 3.61. The van der Waals surface area contributed by atoms with E-state index in [4.69, 9.17) is 4.74 Å². The van der Waals surface area contributed by atoms with Crippen LogP contribution in [0.15, 0.2) is 42.5 Å². The number of rotatable bonds is 6. The van der Waals surface area contributed by atoms with Crippen LogP contribution in [-0.4, -0.2) is 36.5 Å². The summed E-state index contributed by atoms with van der Waals surface area (Å²) in [4.78, 5) is 37.3. The number of nitro benzene ring substituents is 1. The number of nitrogens with zero attached hydrogens (tertiary/aromatic N) is 2. The maximum absolute atomic E-state index is 12.4. The fourth-order valence-electron chi connectivity index (χ4n) is 3.68. The topological polar surface area (TPSA) is 102 Å². The van der Waals surface area contributed by atoms with Gasteiger partial charge in [-0.3, -0.25) is 19.7 Å². The van der Waals surface area contributed by atoms with Crippen LogP contribution in [0.3, 0.4) is 0 Å². The van der Waals surface area contributed by atoms with Crippen molar-refractivity contribution in [3.05, 3.63) is 63.7 Å². The Morgan fingerprint density at radius 2 is 1.73 bits per heavy atom. The van der Waals surface area contributed by atoms with E-state index in [-0.39, 0.29) is 24.1 Å². The molecule has 1 aliphatic rings. The van der Waals surface area contributed by atoms with Crippen LogP contribution in [0.25, 0.3) is 0 Å². The first kappa shape index (κ1) is 21.3. The summed E-state index contributed by atoms with van der Waals surface area (Å²) in [5.74, 6) is -1.11. The smallest absolute Gasteiger partial charge is 0.309 e. The van der Waals surface area contributed by atoms with Crippen molar-refractivity contribution in [3.8, 4) is 0 Å². The van der Waals surface area contributed by atoms with E-state index in [1.165, 1.54) is 6.07 Å². The largest absolute Gasteiger partial charge is 0.455 e. The number of anilines is 2. The van der Waals surface area contributed by atoms with Gasteiger partial charge in [0.1, 0.15) is 5.69 Å². The van der Waals surface area contributed by atoms with E-state index >= 15 is 0 Å². The van der Waals surface area contributed by atoms with Gasteiger partial charge in [-0.25, -0.2) is 0 Å². The molecular formula is C22H25N3O5. The maximum Gasteiger partial charge on any atom is 0.309 e. The summed E-state index contributed by atoms with van der Waals surface area (Å²) in [6.07, 6.45) is 1.03. The SMILES string of the molecule is Cc1cccc(C)c1NC(=O)COC(=O)C1CCN(c2ccccc2[N+](=O)[O-])CC1. The van der Waals surface area contributed by atoms with Crippen LogP contribution >= 0.6 is 0 Å². The lowest BCUT2D eigenvalue weighted by Crippen LogP contribution is -2.37. The van der Waals surface area contributed by atoms with Crippen molar-refractivity contribution in [2.24, 2.45) is 5.92 Å². The summed E-state index contributed by atoms with van der Waals surface area (Å²) in [7, 11) is 0. The minimum Gasteiger partial charge on any atom is -0.455 e. The number of nitrogens with one attached hydrogen (secondary N) is 1. The molecule has 2 aromatic carbocycles. The summed E-state index contributed by atoms with van der Waals surface area (Å²) in [6.45, 7) is 4.49. The van der Waals surface area contributed by atoms with Crippen LogP contribution < -0.4 is 10.2 Å². The fraction of sp³-hybridized carbons (Fsp3) is 0.364. The van der Waals surface area contributed by atoms with E-state index in [1.807, 2.05) is 36.9 Å². The summed E-state index contributed by atoms with van der Waals surface area (Å²) < 4.78 is 5.22. The van der Waals surface area contributed by atoms with Gasteiger partial charge in [-0.05, 0) is 43.9 Å². The molecule has 0 aromatic heterocycles. The molecule has 0 atom stereocenters. The zero-order valence-corrected chi connectivity index (χ0v) is 17.1. The number of nitro groups is 1. The Balaban J connectivity index is 1.50. The standard InChI is InChI=1S/C22H25N3O5/c1-15-6-5-7-16(2)21(15)23-20(26)14-30-22(27)17-10-12-24(13-11-17)18-8-3-4-9-19(18)25(28)29/h3-9,17H,10-14H2,1-2H3,(H,23,26). The van der Waals surface area contributed by atoms with Crippen LogP contribution in [0.5, 0.6) is 0 Å². The Morgan fingerprint density at radius 1 is 1.10 bits per heavy atom. The molecule has 1 fully saturated rings. The molecule has 0 aliphatic carbocycles. The molecule has 8 nitrogen and oxygen atoms in total. The molecule has 0 spiro atoms. The lowest BCUT2D eigenvalue weighted by atomic mass is 9.96. The van der Waals surface area contributed by atoms with Crippen LogP contribution in [0.1, 0.15) is 24.0 Å². The monoisotopic (exact) mass is 411 g/mol. The van der Waals surface area contributed by atoms with Crippen molar-refractivity contribution in [1.82, 2.24) is 0 Å². The molecule has 0 bridgehead atoms. The third kappa shape index (κ3) is 4.94. The number of piperidine rings is 1. The number of amides is 1. The van der Waals surface area contributed by atoms with E-state index < -0.39 is 10.9 Å². The van der Waals surface area contributed by atoms with Gasteiger partial charge < -0.3 is 15.0 Å². The van der Waals surface area contributed by atoms with E-state index in [2.05, 4.69) is 5.32 Å². The molecule has 0 radical (unpaired) electrons. The van der Waals surface area contributed by atoms with Crippen molar-refractivity contribution in [1.29, 1.82) is 0 Å². The summed E-state index contributed by atoms with van der Waals surface area (Å²) >= 11 is 0. The Morgan fingerprint density at radius 3 is 2.37 bits per heavy atom. The first-order chi connectivity index (χ1) is 14.4. The van der Waals surface area contributed by atoms with Gasteiger partial charge in [0.2, 0.25) is 0 Å². The van der Waals surface area contributed by atoms with Gasteiger partial charge >= 0.3 is 5.97 Å². The predicted molar refractivity (Wildman–Crippen MR) is 114 cm³/mol. The van der Waals surface area contributed by atoms with Crippen molar-refractivity contribution in [2.75, 3.05) is 29.9 Å². The molecule has 30 heavy (non-hydrogen) atoms. The van der Waals surface area contributed by atoms with Crippen molar-refractivity contribution >= 4 is 28.9 Å². The zero-order valence-electron chi connectivity index (χ0n) is 17.1. The average Bonchev–Trinajstić information content (AvgIpc) is 2.75. The van der Waals surface area contributed by atoms with Gasteiger partial charge in [0.15, 0.2) is 6.61 Å². The number of ether oxygens (including phenoxy) is 1. The molecular weight excluding hydrogens is 386 g/mol. The van der Waals surface area contributed by atoms with Crippen LogP contribution in [0.4, 0.5) is 17.1 Å².